The van der Waals surface area contributed by atoms with Gasteiger partial charge in [-0.05, 0) is 27.2 Å². The van der Waals surface area contributed by atoms with Gasteiger partial charge < -0.3 is 10.6 Å². The summed E-state index contributed by atoms with van der Waals surface area (Å²) in [6.45, 7) is 8.82. The fraction of sp³-hybridized carbons (Fsp3) is 0.562. The molecule has 2 N–H and O–H groups in total. The molecule has 2 rings (SSSR count). The summed E-state index contributed by atoms with van der Waals surface area (Å²) < 4.78 is 1.14. The first-order chi connectivity index (χ1) is 11.7. The number of aromatic nitrogens is 2. The first-order valence-electron chi connectivity index (χ1n) is 8.16. The van der Waals surface area contributed by atoms with Crippen molar-refractivity contribution in [2.45, 2.75) is 38.0 Å². The van der Waals surface area contributed by atoms with Gasteiger partial charge in [0.2, 0.25) is 0 Å². The topological polar surface area (TPSA) is 62.2 Å². The SMILES string of the molecule is CCNC(=NCCCSc1nccs1)NCCc1nc(C)c(C)s1.I. The largest absolute Gasteiger partial charge is 0.357 e. The van der Waals surface area contributed by atoms with E-state index < -0.39 is 0 Å². The van der Waals surface area contributed by atoms with Crippen LogP contribution in [0.5, 0.6) is 0 Å². The Morgan fingerprint density at radius 1 is 1.32 bits per heavy atom. The van der Waals surface area contributed by atoms with Crippen LogP contribution in [0.15, 0.2) is 20.9 Å². The van der Waals surface area contributed by atoms with Crippen molar-refractivity contribution in [1.29, 1.82) is 0 Å². The fourth-order valence-electron chi connectivity index (χ4n) is 1.97. The van der Waals surface area contributed by atoms with Crippen molar-refractivity contribution in [3.8, 4) is 0 Å². The third-order valence-corrected chi connectivity index (χ3v) is 6.44. The van der Waals surface area contributed by atoms with Gasteiger partial charge in [0.25, 0.3) is 0 Å². The lowest BCUT2D eigenvalue weighted by molar-refractivity contribution is 0.791. The van der Waals surface area contributed by atoms with Crippen LogP contribution < -0.4 is 10.6 Å². The van der Waals surface area contributed by atoms with Crippen molar-refractivity contribution >= 4 is 64.4 Å². The first kappa shape index (κ1) is 22.7. The zero-order valence-corrected chi connectivity index (χ0v) is 19.7. The van der Waals surface area contributed by atoms with Crippen LogP contribution in [0.3, 0.4) is 0 Å². The van der Waals surface area contributed by atoms with E-state index in [1.807, 2.05) is 11.6 Å². The van der Waals surface area contributed by atoms with Crippen LogP contribution in [-0.4, -0.2) is 41.3 Å². The van der Waals surface area contributed by atoms with E-state index >= 15 is 0 Å². The maximum atomic E-state index is 4.63. The molecule has 2 aromatic rings. The van der Waals surface area contributed by atoms with Gasteiger partial charge in [-0.25, -0.2) is 9.97 Å². The number of rotatable bonds is 9. The maximum Gasteiger partial charge on any atom is 0.191 e. The fourth-order valence-corrected chi connectivity index (χ4v) is 4.54. The van der Waals surface area contributed by atoms with Gasteiger partial charge in [0.1, 0.15) is 4.34 Å². The first-order valence-corrected chi connectivity index (χ1v) is 10.8. The van der Waals surface area contributed by atoms with Crippen molar-refractivity contribution in [3.05, 3.63) is 27.2 Å². The molecule has 9 heteroatoms. The van der Waals surface area contributed by atoms with Crippen LogP contribution in [0, 0.1) is 13.8 Å². The minimum absolute atomic E-state index is 0. The number of thiazole rings is 2. The van der Waals surface area contributed by atoms with E-state index in [-0.39, 0.29) is 24.0 Å². The zero-order chi connectivity index (χ0) is 17.2. The van der Waals surface area contributed by atoms with E-state index in [2.05, 4.69) is 46.4 Å². The standard InChI is InChI=1S/C16H25N5S3.HI/c1-4-17-15(18-7-5-10-22-16-20-9-11-23-16)19-8-6-14-21-12(2)13(3)24-14;/h9,11H,4-8,10H2,1-3H3,(H2,17,18,19);1H. The Kier molecular flexibility index (Phi) is 11.7. The number of thioether (sulfide) groups is 1. The predicted octanol–water partition coefficient (Wildman–Crippen LogP) is 4.11. The summed E-state index contributed by atoms with van der Waals surface area (Å²) in [7, 11) is 0. The second-order valence-electron chi connectivity index (χ2n) is 5.19. The van der Waals surface area contributed by atoms with Gasteiger partial charge in [-0.1, -0.05) is 11.8 Å². The van der Waals surface area contributed by atoms with Crippen molar-refractivity contribution < 1.29 is 0 Å². The number of aliphatic imine (C=N–C) groups is 1. The lowest BCUT2D eigenvalue weighted by Gasteiger charge is -2.10. The summed E-state index contributed by atoms with van der Waals surface area (Å²) in [5.41, 5.74) is 1.15. The summed E-state index contributed by atoms with van der Waals surface area (Å²) in [6, 6.07) is 0. The average Bonchev–Trinajstić information content (AvgIpc) is 3.17. The quantitative estimate of drug-likeness (QED) is 0.175. The number of hydrogen-bond donors (Lipinski definition) is 2. The second-order valence-corrected chi connectivity index (χ2v) is 8.71. The second kappa shape index (κ2) is 12.9. The highest BCUT2D eigenvalue weighted by atomic mass is 127. The molecule has 0 unspecified atom stereocenters. The number of guanidine groups is 1. The van der Waals surface area contributed by atoms with Crippen LogP contribution in [0.1, 0.15) is 28.9 Å². The number of halogens is 1. The predicted molar refractivity (Wildman–Crippen MR) is 122 cm³/mol. The zero-order valence-electron chi connectivity index (χ0n) is 14.9. The number of aryl methyl sites for hydroxylation is 2. The molecule has 0 bridgehead atoms. The molecule has 0 amide bonds. The molecule has 2 aromatic heterocycles. The molecule has 0 aliphatic carbocycles. The summed E-state index contributed by atoms with van der Waals surface area (Å²) in [5.74, 6) is 1.94. The smallest absolute Gasteiger partial charge is 0.191 e. The Hall–Kier alpha value is -0.390. The molecule has 0 aromatic carbocycles. The molecule has 0 saturated heterocycles. The van der Waals surface area contributed by atoms with E-state index in [9.17, 15) is 0 Å². The number of nitrogens with one attached hydrogen (secondary N) is 2. The molecule has 25 heavy (non-hydrogen) atoms. The van der Waals surface area contributed by atoms with Crippen LogP contribution in [0.25, 0.3) is 0 Å². The Morgan fingerprint density at radius 3 is 2.80 bits per heavy atom. The lowest BCUT2D eigenvalue weighted by atomic mass is 10.4. The number of nitrogens with zero attached hydrogens (tertiary/aromatic N) is 3. The monoisotopic (exact) mass is 511 g/mol. The van der Waals surface area contributed by atoms with E-state index in [0.29, 0.717) is 0 Å². The van der Waals surface area contributed by atoms with E-state index in [4.69, 9.17) is 0 Å². The molecule has 0 radical (unpaired) electrons. The Bertz CT molecular complexity index is 608. The molecule has 0 saturated carbocycles. The molecular weight excluding hydrogens is 485 g/mol. The highest BCUT2D eigenvalue weighted by molar-refractivity contribution is 14.0. The molecule has 0 spiro atoms. The van der Waals surface area contributed by atoms with Gasteiger partial charge in [0.15, 0.2) is 5.96 Å². The van der Waals surface area contributed by atoms with Crippen LogP contribution in [0.4, 0.5) is 0 Å². The molecule has 140 valence electrons. The Balaban J connectivity index is 0.00000312. The molecule has 0 aliphatic rings. The van der Waals surface area contributed by atoms with Crippen molar-refractivity contribution in [2.75, 3.05) is 25.4 Å². The third-order valence-electron chi connectivity index (χ3n) is 3.26. The maximum absolute atomic E-state index is 4.63. The molecule has 0 aliphatic heterocycles. The third kappa shape index (κ3) is 8.69. The summed E-state index contributed by atoms with van der Waals surface area (Å²) >= 11 is 5.28. The molecule has 0 atom stereocenters. The lowest BCUT2D eigenvalue weighted by Crippen LogP contribution is -2.38. The highest BCUT2D eigenvalue weighted by Gasteiger charge is 2.04. The van der Waals surface area contributed by atoms with Gasteiger partial charge in [-0.2, -0.15) is 0 Å². The van der Waals surface area contributed by atoms with Gasteiger partial charge in [0, 0.05) is 48.3 Å². The van der Waals surface area contributed by atoms with E-state index in [0.717, 1.165) is 54.2 Å². The Labute approximate surface area is 179 Å². The van der Waals surface area contributed by atoms with E-state index in [1.54, 1.807) is 34.4 Å². The highest BCUT2D eigenvalue weighted by Crippen LogP contribution is 2.20. The van der Waals surface area contributed by atoms with Crippen LogP contribution >= 0.6 is 58.4 Å². The molecule has 5 nitrogen and oxygen atoms in total. The van der Waals surface area contributed by atoms with Crippen LogP contribution in [-0.2, 0) is 6.42 Å². The van der Waals surface area contributed by atoms with Gasteiger partial charge >= 0.3 is 0 Å². The van der Waals surface area contributed by atoms with E-state index in [1.165, 1.54) is 9.88 Å². The normalized spacial score (nSPS) is 11.2. The average molecular weight is 512 g/mol. The van der Waals surface area contributed by atoms with Crippen molar-refractivity contribution in [1.82, 2.24) is 20.6 Å². The van der Waals surface area contributed by atoms with Gasteiger partial charge in [-0.3, -0.25) is 4.99 Å². The van der Waals surface area contributed by atoms with Gasteiger partial charge in [0.05, 0.1) is 10.7 Å². The van der Waals surface area contributed by atoms with Crippen LogP contribution in [0.2, 0.25) is 0 Å². The summed E-state index contributed by atoms with van der Waals surface area (Å²) in [4.78, 5) is 14.8. The minimum Gasteiger partial charge on any atom is -0.357 e. The molecule has 2 heterocycles. The van der Waals surface area contributed by atoms with Gasteiger partial charge in [-0.15, -0.1) is 46.7 Å². The minimum atomic E-state index is 0. The summed E-state index contributed by atoms with van der Waals surface area (Å²) in [5, 5.41) is 9.89. The number of hydrogen-bond acceptors (Lipinski definition) is 6. The Morgan fingerprint density at radius 2 is 2.16 bits per heavy atom. The van der Waals surface area contributed by atoms with Crippen molar-refractivity contribution in [2.24, 2.45) is 4.99 Å². The summed E-state index contributed by atoms with van der Waals surface area (Å²) in [6.07, 6.45) is 3.83. The van der Waals surface area contributed by atoms with Crippen molar-refractivity contribution in [3.63, 3.8) is 0 Å². The molecular formula is C16H26IN5S3. The molecule has 0 fully saturated rings.